The van der Waals surface area contributed by atoms with Crippen LogP contribution in [0, 0.1) is 0 Å². The molecule has 1 aromatic rings. The van der Waals surface area contributed by atoms with Crippen LogP contribution in [0.5, 0.6) is 0 Å². The van der Waals surface area contributed by atoms with E-state index in [0.29, 0.717) is 35.8 Å². The molecule has 0 aromatic heterocycles. The maximum Gasteiger partial charge on any atom is 0.224 e. The normalized spacial score (nSPS) is 11.7. The Bertz CT molecular complexity index is 486. The van der Waals surface area contributed by atoms with Gasteiger partial charge in [-0.1, -0.05) is 11.6 Å². The summed E-state index contributed by atoms with van der Waals surface area (Å²) >= 11 is 5.87. The lowest BCUT2D eigenvalue weighted by Gasteiger charge is -2.25. The summed E-state index contributed by atoms with van der Waals surface area (Å²) in [6.07, 6.45) is 1.10. The van der Waals surface area contributed by atoms with Crippen molar-refractivity contribution in [2.45, 2.75) is 32.3 Å². The predicted molar refractivity (Wildman–Crippen MR) is 87.5 cm³/mol. The molecule has 0 saturated heterocycles. The van der Waals surface area contributed by atoms with Crippen molar-refractivity contribution < 1.29 is 9.90 Å². The predicted octanol–water partition coefficient (Wildman–Crippen LogP) is 2.34. The fraction of sp³-hybridized carbons (Fsp3) is 0.533. The molecule has 0 aliphatic rings. The third-order valence-electron chi connectivity index (χ3n) is 2.89. The lowest BCUT2D eigenvalue weighted by molar-refractivity contribution is -0.116. The van der Waals surface area contributed by atoms with Crippen LogP contribution in [0.2, 0.25) is 5.02 Å². The quantitative estimate of drug-likeness (QED) is 0.675. The molecule has 0 atom stereocenters. The molecule has 0 aliphatic carbocycles. The number of halogens is 1. The fourth-order valence-electron chi connectivity index (χ4n) is 2.10. The monoisotopic (exact) mass is 313 g/mol. The summed E-state index contributed by atoms with van der Waals surface area (Å²) in [4.78, 5) is 13.9. The van der Waals surface area contributed by atoms with Crippen LogP contribution in [-0.2, 0) is 4.79 Å². The number of nitrogen functional groups attached to an aromatic ring is 1. The van der Waals surface area contributed by atoms with Crippen LogP contribution in [0.1, 0.15) is 26.7 Å². The van der Waals surface area contributed by atoms with E-state index >= 15 is 0 Å². The summed E-state index contributed by atoms with van der Waals surface area (Å²) in [6, 6.07) is 4.97. The molecule has 1 amide bonds. The van der Waals surface area contributed by atoms with Crippen molar-refractivity contribution in [3.05, 3.63) is 23.2 Å². The van der Waals surface area contributed by atoms with Gasteiger partial charge in [-0.25, -0.2) is 0 Å². The Kier molecular flexibility index (Phi) is 6.45. The first-order valence-electron chi connectivity index (χ1n) is 6.93. The number of aliphatic hydroxyl groups is 1. The van der Waals surface area contributed by atoms with Crippen LogP contribution >= 0.6 is 11.6 Å². The number of nitrogens with zero attached hydrogens (tertiary/aromatic N) is 1. The molecule has 0 saturated carbocycles. The number of benzene rings is 1. The second-order valence-electron chi connectivity index (χ2n) is 5.93. The Labute approximate surface area is 131 Å². The second-order valence-corrected chi connectivity index (χ2v) is 6.37. The average molecular weight is 314 g/mol. The van der Waals surface area contributed by atoms with E-state index in [0.717, 1.165) is 6.54 Å². The van der Waals surface area contributed by atoms with Gasteiger partial charge < -0.3 is 21.1 Å². The van der Waals surface area contributed by atoms with E-state index < -0.39 is 5.60 Å². The zero-order valence-electron chi connectivity index (χ0n) is 12.8. The summed E-state index contributed by atoms with van der Waals surface area (Å²) in [5, 5.41) is 13.0. The molecule has 118 valence electrons. The molecular weight excluding hydrogens is 290 g/mol. The Balaban J connectivity index is 2.36. The topological polar surface area (TPSA) is 78.6 Å². The van der Waals surface area contributed by atoms with E-state index in [1.807, 2.05) is 11.9 Å². The lowest BCUT2D eigenvalue weighted by atomic mass is 10.1. The molecule has 0 aliphatic heterocycles. The number of carbonyl (C=O) groups excluding carboxylic acids is 1. The molecule has 0 radical (unpaired) electrons. The summed E-state index contributed by atoms with van der Waals surface area (Å²) in [5.41, 5.74) is 6.08. The van der Waals surface area contributed by atoms with E-state index in [1.54, 1.807) is 32.0 Å². The average Bonchev–Trinajstić information content (AvgIpc) is 2.31. The van der Waals surface area contributed by atoms with Crippen LogP contribution in [0.15, 0.2) is 18.2 Å². The minimum atomic E-state index is -0.730. The largest absolute Gasteiger partial charge is 0.397 e. The first-order valence-corrected chi connectivity index (χ1v) is 7.31. The van der Waals surface area contributed by atoms with Crippen molar-refractivity contribution in [2.24, 2.45) is 0 Å². The second kappa shape index (κ2) is 7.64. The molecule has 0 heterocycles. The van der Waals surface area contributed by atoms with E-state index in [2.05, 4.69) is 5.32 Å². The van der Waals surface area contributed by atoms with Crippen molar-refractivity contribution in [3.63, 3.8) is 0 Å². The van der Waals surface area contributed by atoms with Gasteiger partial charge in [0.1, 0.15) is 0 Å². The number of rotatable bonds is 7. The van der Waals surface area contributed by atoms with Gasteiger partial charge in [-0.15, -0.1) is 0 Å². The highest BCUT2D eigenvalue weighted by Crippen LogP contribution is 2.23. The van der Waals surface area contributed by atoms with E-state index in [9.17, 15) is 9.90 Å². The Hall–Kier alpha value is -1.30. The highest BCUT2D eigenvalue weighted by Gasteiger charge is 2.15. The third-order valence-corrected chi connectivity index (χ3v) is 3.13. The number of likely N-dealkylation sites (N-methyl/N-ethyl adjacent to an activating group) is 1. The lowest BCUT2D eigenvalue weighted by Crippen LogP contribution is -2.36. The maximum atomic E-state index is 11.9. The molecule has 21 heavy (non-hydrogen) atoms. The third kappa shape index (κ3) is 7.32. The Morgan fingerprint density at radius 1 is 1.48 bits per heavy atom. The van der Waals surface area contributed by atoms with Crippen LogP contribution in [0.25, 0.3) is 0 Å². The molecule has 0 bridgehead atoms. The number of amides is 1. The number of nitrogens with two attached hydrogens (primary N) is 1. The summed E-state index contributed by atoms with van der Waals surface area (Å²) in [6.45, 7) is 4.83. The van der Waals surface area contributed by atoms with Gasteiger partial charge in [0.05, 0.1) is 17.0 Å². The Morgan fingerprint density at radius 3 is 2.76 bits per heavy atom. The molecule has 4 N–H and O–H groups in total. The van der Waals surface area contributed by atoms with Crippen LogP contribution in [0.3, 0.4) is 0 Å². The molecule has 6 heteroatoms. The van der Waals surface area contributed by atoms with Gasteiger partial charge >= 0.3 is 0 Å². The van der Waals surface area contributed by atoms with Crippen molar-refractivity contribution in [3.8, 4) is 0 Å². The molecule has 5 nitrogen and oxygen atoms in total. The van der Waals surface area contributed by atoms with Crippen molar-refractivity contribution >= 4 is 28.9 Å². The van der Waals surface area contributed by atoms with Gasteiger partial charge in [0.25, 0.3) is 0 Å². The number of nitrogens with one attached hydrogen (secondary N) is 1. The van der Waals surface area contributed by atoms with Gasteiger partial charge in [-0.3, -0.25) is 4.79 Å². The minimum absolute atomic E-state index is 0.0966. The standard InChI is InChI=1S/C15H24ClN3O2/c1-15(2,21)10-19(3)8-4-5-14(20)18-13-9-11(16)6-7-12(13)17/h6-7,9,21H,4-5,8,10,17H2,1-3H3,(H,18,20). The number of carbonyl (C=O) groups is 1. The zero-order chi connectivity index (χ0) is 16.0. The highest BCUT2D eigenvalue weighted by molar-refractivity contribution is 6.31. The Morgan fingerprint density at radius 2 is 2.14 bits per heavy atom. The molecule has 0 unspecified atom stereocenters. The molecular formula is C15H24ClN3O2. The van der Waals surface area contributed by atoms with E-state index in [-0.39, 0.29) is 5.91 Å². The summed E-state index contributed by atoms with van der Waals surface area (Å²) < 4.78 is 0. The van der Waals surface area contributed by atoms with Crippen LogP contribution in [0.4, 0.5) is 11.4 Å². The van der Waals surface area contributed by atoms with Gasteiger partial charge in [-0.05, 0) is 52.1 Å². The van der Waals surface area contributed by atoms with Gasteiger partial charge in [0.2, 0.25) is 5.91 Å². The molecule has 1 aromatic carbocycles. The van der Waals surface area contributed by atoms with Crippen molar-refractivity contribution in [2.75, 3.05) is 31.2 Å². The molecule has 1 rings (SSSR count). The zero-order valence-corrected chi connectivity index (χ0v) is 13.6. The van der Waals surface area contributed by atoms with Crippen molar-refractivity contribution in [1.82, 2.24) is 4.90 Å². The van der Waals surface area contributed by atoms with Crippen molar-refractivity contribution in [1.29, 1.82) is 0 Å². The van der Waals surface area contributed by atoms with Crippen LogP contribution < -0.4 is 11.1 Å². The summed E-state index contributed by atoms with van der Waals surface area (Å²) in [7, 11) is 1.92. The number of hydrogen-bond acceptors (Lipinski definition) is 4. The first-order chi connectivity index (χ1) is 9.67. The summed E-state index contributed by atoms with van der Waals surface area (Å²) in [5.74, 6) is -0.0966. The SMILES string of the molecule is CN(CCCC(=O)Nc1cc(Cl)ccc1N)CC(C)(C)O. The molecule has 0 spiro atoms. The highest BCUT2D eigenvalue weighted by atomic mass is 35.5. The van der Waals surface area contributed by atoms with Gasteiger partial charge in [0.15, 0.2) is 0 Å². The number of hydrogen-bond donors (Lipinski definition) is 3. The fourth-order valence-corrected chi connectivity index (χ4v) is 2.27. The smallest absolute Gasteiger partial charge is 0.224 e. The van der Waals surface area contributed by atoms with Crippen LogP contribution in [-0.4, -0.2) is 41.7 Å². The maximum absolute atomic E-state index is 11.9. The minimum Gasteiger partial charge on any atom is -0.397 e. The van der Waals surface area contributed by atoms with E-state index in [1.165, 1.54) is 0 Å². The van der Waals surface area contributed by atoms with Gasteiger partial charge in [-0.2, -0.15) is 0 Å². The number of anilines is 2. The first kappa shape index (κ1) is 17.8. The van der Waals surface area contributed by atoms with Gasteiger partial charge in [0, 0.05) is 18.0 Å². The molecule has 0 fully saturated rings. The van der Waals surface area contributed by atoms with E-state index in [4.69, 9.17) is 17.3 Å².